The van der Waals surface area contributed by atoms with E-state index in [-0.39, 0.29) is 17.5 Å². The molecule has 32 heavy (non-hydrogen) atoms. The third-order valence-corrected chi connectivity index (χ3v) is 4.86. The van der Waals surface area contributed by atoms with Gasteiger partial charge >= 0.3 is 5.69 Å². The predicted molar refractivity (Wildman–Crippen MR) is 120 cm³/mol. The van der Waals surface area contributed by atoms with Crippen molar-refractivity contribution in [3.05, 3.63) is 95.3 Å². The van der Waals surface area contributed by atoms with Crippen LogP contribution in [0, 0.1) is 5.82 Å². The lowest BCUT2D eigenvalue weighted by molar-refractivity contribution is 0.476. The van der Waals surface area contributed by atoms with Crippen molar-refractivity contribution in [3.8, 4) is 22.9 Å². The molecule has 4 N–H and O–H groups in total. The Balaban J connectivity index is 1.61. The lowest BCUT2D eigenvalue weighted by Gasteiger charge is -2.08. The van der Waals surface area contributed by atoms with Crippen LogP contribution in [0.15, 0.2) is 83.8 Å². The van der Waals surface area contributed by atoms with E-state index in [9.17, 15) is 9.18 Å². The molecule has 0 amide bonds. The molecule has 0 spiro atoms. The number of halogens is 1. The molecule has 0 saturated heterocycles. The zero-order valence-electron chi connectivity index (χ0n) is 16.6. The van der Waals surface area contributed by atoms with E-state index < -0.39 is 0 Å². The fourth-order valence-electron chi connectivity index (χ4n) is 3.47. The number of rotatable bonds is 4. The molecule has 0 aliphatic rings. The second-order valence-corrected chi connectivity index (χ2v) is 7.04. The fourth-order valence-corrected chi connectivity index (χ4v) is 3.47. The van der Waals surface area contributed by atoms with Gasteiger partial charge in [0.15, 0.2) is 5.65 Å². The van der Waals surface area contributed by atoms with Gasteiger partial charge in [-0.25, -0.2) is 18.7 Å². The van der Waals surface area contributed by atoms with Crippen LogP contribution < -0.4 is 21.9 Å². The minimum absolute atomic E-state index is 0.0474. The number of fused-ring (bicyclic) bond motifs is 1. The maximum atomic E-state index is 13.4. The zero-order chi connectivity index (χ0) is 22.2. The molecular formula is C23H17FN6O2. The molecule has 2 heterocycles. The van der Waals surface area contributed by atoms with Gasteiger partial charge < -0.3 is 16.2 Å². The largest absolute Gasteiger partial charge is 0.457 e. The van der Waals surface area contributed by atoms with Crippen molar-refractivity contribution >= 4 is 22.8 Å². The zero-order valence-corrected chi connectivity index (χ0v) is 16.6. The molecule has 0 aliphatic heterocycles. The number of ether oxygens (including phenoxy) is 1. The van der Waals surface area contributed by atoms with Gasteiger partial charge in [0.1, 0.15) is 22.8 Å². The highest BCUT2D eigenvalue weighted by Crippen LogP contribution is 2.25. The Bertz CT molecular complexity index is 1510. The third-order valence-electron chi connectivity index (χ3n) is 4.86. The summed E-state index contributed by atoms with van der Waals surface area (Å²) in [6.45, 7) is 0. The van der Waals surface area contributed by atoms with Crippen molar-refractivity contribution in [1.29, 1.82) is 0 Å². The number of nitrogens with two attached hydrogens (primary N) is 2. The molecule has 2 aromatic heterocycles. The molecule has 9 heteroatoms. The van der Waals surface area contributed by atoms with Crippen molar-refractivity contribution in [2.24, 2.45) is 0 Å². The standard InChI is InChI=1S/C23H17FN6O2/c24-14-3-1-6-19(11-14)32-18-9-7-16(8-10-18)29-20-13-27-22(26)28-21(20)30(23(29)31)17-5-2-4-15(25)12-17/h1-13H,25H2,(H2,26,27,28). The van der Waals surface area contributed by atoms with Crippen LogP contribution in [0.3, 0.4) is 0 Å². The van der Waals surface area contributed by atoms with Crippen molar-refractivity contribution in [1.82, 2.24) is 19.1 Å². The summed E-state index contributed by atoms with van der Waals surface area (Å²) >= 11 is 0. The summed E-state index contributed by atoms with van der Waals surface area (Å²) in [5.41, 5.74) is 13.8. The lowest BCUT2D eigenvalue weighted by Crippen LogP contribution is -2.22. The maximum Gasteiger partial charge on any atom is 0.339 e. The highest BCUT2D eigenvalue weighted by atomic mass is 19.1. The number of imidazole rings is 1. The van der Waals surface area contributed by atoms with E-state index in [0.717, 1.165) is 0 Å². The Morgan fingerprint density at radius 1 is 0.844 bits per heavy atom. The smallest absolute Gasteiger partial charge is 0.339 e. The number of hydrogen-bond donors (Lipinski definition) is 2. The Morgan fingerprint density at radius 3 is 2.38 bits per heavy atom. The monoisotopic (exact) mass is 428 g/mol. The summed E-state index contributed by atoms with van der Waals surface area (Å²) in [7, 11) is 0. The molecular weight excluding hydrogens is 411 g/mol. The second kappa shape index (κ2) is 7.55. The molecule has 5 aromatic rings. The first kappa shape index (κ1) is 19.3. The third kappa shape index (κ3) is 3.41. The Morgan fingerprint density at radius 2 is 1.62 bits per heavy atom. The normalized spacial score (nSPS) is 11.0. The molecule has 0 aliphatic carbocycles. The van der Waals surface area contributed by atoms with E-state index in [1.54, 1.807) is 60.7 Å². The van der Waals surface area contributed by atoms with Crippen molar-refractivity contribution in [2.75, 3.05) is 11.5 Å². The minimum Gasteiger partial charge on any atom is -0.457 e. The number of nitrogens with zero attached hydrogens (tertiary/aromatic N) is 4. The predicted octanol–water partition coefficient (Wildman–Crippen LogP) is 3.67. The number of aromatic nitrogens is 4. The molecule has 5 rings (SSSR count). The molecule has 0 radical (unpaired) electrons. The van der Waals surface area contributed by atoms with E-state index >= 15 is 0 Å². The molecule has 0 fully saturated rings. The molecule has 0 saturated carbocycles. The van der Waals surface area contributed by atoms with E-state index in [4.69, 9.17) is 16.2 Å². The Hall–Kier alpha value is -4.66. The van der Waals surface area contributed by atoms with Crippen LogP contribution in [0.25, 0.3) is 22.5 Å². The Labute approximate surface area is 181 Å². The summed E-state index contributed by atoms with van der Waals surface area (Å²) < 4.78 is 22.0. The van der Waals surface area contributed by atoms with Crippen LogP contribution in [-0.2, 0) is 0 Å². The van der Waals surface area contributed by atoms with Gasteiger partial charge in [0, 0.05) is 11.8 Å². The van der Waals surface area contributed by atoms with Crippen LogP contribution >= 0.6 is 0 Å². The Kier molecular flexibility index (Phi) is 4.55. The first-order valence-electron chi connectivity index (χ1n) is 9.65. The number of benzene rings is 3. The number of hydrogen-bond acceptors (Lipinski definition) is 6. The van der Waals surface area contributed by atoms with Crippen molar-refractivity contribution in [2.45, 2.75) is 0 Å². The van der Waals surface area contributed by atoms with Crippen molar-refractivity contribution in [3.63, 3.8) is 0 Å². The summed E-state index contributed by atoms with van der Waals surface area (Å²) in [5.74, 6) is 0.523. The van der Waals surface area contributed by atoms with E-state index in [0.29, 0.717) is 39.7 Å². The molecule has 158 valence electrons. The minimum atomic E-state index is -0.390. The quantitative estimate of drug-likeness (QED) is 0.422. The first-order valence-corrected chi connectivity index (χ1v) is 9.65. The average Bonchev–Trinajstić information content (AvgIpc) is 3.05. The summed E-state index contributed by atoms with van der Waals surface area (Å²) in [5, 5.41) is 0. The van der Waals surface area contributed by atoms with Gasteiger partial charge in [-0.15, -0.1) is 0 Å². The van der Waals surface area contributed by atoms with Gasteiger partial charge in [-0.2, -0.15) is 4.98 Å². The van der Waals surface area contributed by atoms with E-state index in [2.05, 4.69) is 9.97 Å². The van der Waals surface area contributed by atoms with Gasteiger partial charge in [-0.1, -0.05) is 12.1 Å². The van der Waals surface area contributed by atoms with E-state index in [1.165, 1.54) is 27.5 Å². The first-order chi connectivity index (χ1) is 15.5. The summed E-state index contributed by atoms with van der Waals surface area (Å²) in [6, 6.07) is 19.6. The lowest BCUT2D eigenvalue weighted by atomic mass is 10.3. The number of anilines is 2. The topological polar surface area (TPSA) is 114 Å². The maximum absolute atomic E-state index is 13.4. The van der Waals surface area contributed by atoms with Gasteiger partial charge in [0.05, 0.1) is 17.6 Å². The molecule has 0 atom stereocenters. The van der Waals surface area contributed by atoms with Gasteiger partial charge in [0.25, 0.3) is 0 Å². The highest BCUT2D eigenvalue weighted by molar-refractivity contribution is 5.76. The van der Waals surface area contributed by atoms with Crippen molar-refractivity contribution < 1.29 is 9.13 Å². The van der Waals surface area contributed by atoms with Crippen LogP contribution in [0.2, 0.25) is 0 Å². The van der Waals surface area contributed by atoms with Gasteiger partial charge in [-0.05, 0) is 54.6 Å². The molecule has 0 bridgehead atoms. The fraction of sp³-hybridized carbons (Fsp3) is 0. The molecule has 0 unspecified atom stereocenters. The van der Waals surface area contributed by atoms with Gasteiger partial charge in [0.2, 0.25) is 5.95 Å². The summed E-state index contributed by atoms with van der Waals surface area (Å²) in [4.78, 5) is 21.8. The van der Waals surface area contributed by atoms with Crippen LogP contribution in [0.5, 0.6) is 11.5 Å². The number of nitrogen functional groups attached to an aromatic ring is 2. The molecule has 8 nitrogen and oxygen atoms in total. The van der Waals surface area contributed by atoms with Crippen LogP contribution in [-0.4, -0.2) is 19.1 Å². The highest BCUT2D eigenvalue weighted by Gasteiger charge is 2.18. The van der Waals surface area contributed by atoms with Gasteiger partial charge in [-0.3, -0.25) is 4.57 Å². The van der Waals surface area contributed by atoms with Crippen LogP contribution in [0.4, 0.5) is 16.0 Å². The summed E-state index contributed by atoms with van der Waals surface area (Å²) in [6.07, 6.45) is 1.50. The van der Waals surface area contributed by atoms with E-state index in [1.807, 2.05) is 0 Å². The average molecular weight is 428 g/mol. The van der Waals surface area contributed by atoms with Crippen LogP contribution in [0.1, 0.15) is 0 Å². The SMILES string of the molecule is Nc1cccc(-n2c(=O)n(-c3ccc(Oc4cccc(F)c4)cc3)c3cnc(N)nc32)c1. The molecule has 3 aromatic carbocycles. The second-order valence-electron chi connectivity index (χ2n) is 7.04.